The summed E-state index contributed by atoms with van der Waals surface area (Å²) in [6.45, 7) is 3.07. The second-order valence-corrected chi connectivity index (χ2v) is 6.65. The lowest BCUT2D eigenvalue weighted by Crippen LogP contribution is -2.50. The number of carbonyl (C=O) groups excluding carboxylic acids is 3. The molecule has 0 radical (unpaired) electrons. The van der Waals surface area contributed by atoms with Crippen molar-refractivity contribution in [2.45, 2.75) is 6.92 Å². The summed E-state index contributed by atoms with van der Waals surface area (Å²) in [6.07, 6.45) is 0. The number of esters is 1. The molecule has 0 bridgehead atoms. The predicted octanol–water partition coefficient (Wildman–Crippen LogP) is 2.86. The number of amides is 2. The van der Waals surface area contributed by atoms with Crippen molar-refractivity contribution in [3.05, 3.63) is 64.7 Å². The number of benzene rings is 2. The topological polar surface area (TPSA) is 66.9 Å². The van der Waals surface area contributed by atoms with Gasteiger partial charge in [-0.05, 0) is 36.4 Å². The minimum atomic E-state index is -0.437. The molecule has 1 aliphatic rings. The van der Waals surface area contributed by atoms with Crippen LogP contribution in [0, 0.1) is 0 Å². The number of rotatable bonds is 3. The first kappa shape index (κ1) is 18.9. The van der Waals surface area contributed by atoms with Gasteiger partial charge in [-0.1, -0.05) is 23.7 Å². The number of piperazine rings is 1. The Morgan fingerprint density at radius 3 is 1.89 bits per heavy atom. The van der Waals surface area contributed by atoms with Crippen molar-refractivity contribution in [3.63, 3.8) is 0 Å². The normalized spacial score (nSPS) is 14.0. The molecule has 2 amide bonds. The molecule has 1 saturated heterocycles. The Labute approximate surface area is 162 Å². The SMILES string of the molecule is CC(=O)Oc1cccc(C(=O)N2CCN(C(=O)c3cccc(Cl)c3)CC2)c1. The van der Waals surface area contributed by atoms with E-state index in [1.54, 1.807) is 58.3 Å². The largest absolute Gasteiger partial charge is 0.427 e. The maximum absolute atomic E-state index is 12.7. The number of nitrogens with zero attached hydrogens (tertiary/aromatic N) is 2. The summed E-state index contributed by atoms with van der Waals surface area (Å²) in [5, 5.41) is 0.516. The van der Waals surface area contributed by atoms with Crippen LogP contribution in [0.4, 0.5) is 0 Å². The monoisotopic (exact) mass is 386 g/mol. The highest BCUT2D eigenvalue weighted by atomic mass is 35.5. The van der Waals surface area contributed by atoms with Crippen molar-refractivity contribution in [1.82, 2.24) is 9.80 Å². The minimum absolute atomic E-state index is 0.0959. The van der Waals surface area contributed by atoms with Gasteiger partial charge in [-0.3, -0.25) is 14.4 Å². The molecule has 0 saturated carbocycles. The van der Waals surface area contributed by atoms with Crippen LogP contribution >= 0.6 is 11.6 Å². The van der Waals surface area contributed by atoms with Gasteiger partial charge in [0.1, 0.15) is 5.75 Å². The molecule has 0 atom stereocenters. The van der Waals surface area contributed by atoms with Gasteiger partial charge in [0.15, 0.2) is 0 Å². The van der Waals surface area contributed by atoms with Crippen LogP contribution in [0.3, 0.4) is 0 Å². The highest BCUT2D eigenvalue weighted by Gasteiger charge is 2.25. The molecule has 1 heterocycles. The van der Waals surface area contributed by atoms with Gasteiger partial charge in [0.25, 0.3) is 11.8 Å². The van der Waals surface area contributed by atoms with Crippen LogP contribution in [0.1, 0.15) is 27.6 Å². The number of hydrogen-bond acceptors (Lipinski definition) is 4. The molecule has 0 unspecified atom stereocenters. The molecular weight excluding hydrogens is 368 g/mol. The number of hydrogen-bond donors (Lipinski definition) is 0. The molecule has 2 aromatic rings. The van der Waals surface area contributed by atoms with Gasteiger partial charge in [-0.25, -0.2) is 0 Å². The highest BCUT2D eigenvalue weighted by molar-refractivity contribution is 6.30. The molecule has 1 aliphatic heterocycles. The van der Waals surface area contributed by atoms with Gasteiger partial charge in [0.05, 0.1) is 0 Å². The molecule has 3 rings (SSSR count). The highest BCUT2D eigenvalue weighted by Crippen LogP contribution is 2.18. The quantitative estimate of drug-likeness (QED) is 0.601. The molecule has 0 aliphatic carbocycles. The van der Waals surface area contributed by atoms with Gasteiger partial charge >= 0.3 is 5.97 Å². The van der Waals surface area contributed by atoms with Crippen molar-refractivity contribution >= 4 is 29.4 Å². The van der Waals surface area contributed by atoms with E-state index in [0.717, 1.165) is 0 Å². The van der Waals surface area contributed by atoms with Crippen LogP contribution in [0.5, 0.6) is 5.75 Å². The Kier molecular flexibility index (Phi) is 5.76. The van der Waals surface area contributed by atoms with Crippen LogP contribution in [0.25, 0.3) is 0 Å². The van der Waals surface area contributed by atoms with E-state index in [1.807, 2.05) is 0 Å². The first-order valence-corrected chi connectivity index (χ1v) is 8.94. The van der Waals surface area contributed by atoms with Crippen molar-refractivity contribution < 1.29 is 19.1 Å². The average Bonchev–Trinajstić information content (AvgIpc) is 2.66. The Bertz CT molecular complexity index is 876. The Morgan fingerprint density at radius 1 is 0.852 bits per heavy atom. The Balaban J connectivity index is 1.62. The molecule has 0 aromatic heterocycles. The lowest BCUT2D eigenvalue weighted by molar-refractivity contribution is -0.131. The van der Waals surface area contributed by atoms with E-state index < -0.39 is 5.97 Å². The van der Waals surface area contributed by atoms with E-state index in [4.69, 9.17) is 16.3 Å². The van der Waals surface area contributed by atoms with Crippen LogP contribution in [-0.2, 0) is 4.79 Å². The summed E-state index contributed by atoms with van der Waals surface area (Å²) in [7, 11) is 0. The third kappa shape index (κ3) is 4.65. The zero-order valence-electron chi connectivity index (χ0n) is 14.9. The number of carbonyl (C=O) groups is 3. The maximum Gasteiger partial charge on any atom is 0.308 e. The second kappa shape index (κ2) is 8.22. The first-order chi connectivity index (χ1) is 12.9. The zero-order valence-corrected chi connectivity index (χ0v) is 15.6. The van der Waals surface area contributed by atoms with E-state index >= 15 is 0 Å². The lowest BCUT2D eigenvalue weighted by atomic mass is 10.1. The Morgan fingerprint density at radius 2 is 1.37 bits per heavy atom. The molecule has 0 N–H and O–H groups in total. The maximum atomic E-state index is 12.7. The first-order valence-electron chi connectivity index (χ1n) is 8.56. The van der Waals surface area contributed by atoms with E-state index in [0.29, 0.717) is 48.1 Å². The van der Waals surface area contributed by atoms with Crippen LogP contribution in [0.2, 0.25) is 5.02 Å². The van der Waals surface area contributed by atoms with Crippen LogP contribution in [0.15, 0.2) is 48.5 Å². The molecule has 6 nitrogen and oxygen atoms in total. The minimum Gasteiger partial charge on any atom is -0.427 e. The molecule has 1 fully saturated rings. The molecular formula is C20H19ClN2O4. The fourth-order valence-corrected chi connectivity index (χ4v) is 3.15. The summed E-state index contributed by atoms with van der Waals surface area (Å²) in [5.41, 5.74) is 0.986. The van der Waals surface area contributed by atoms with E-state index in [1.165, 1.54) is 6.92 Å². The molecule has 2 aromatic carbocycles. The smallest absolute Gasteiger partial charge is 0.308 e. The van der Waals surface area contributed by atoms with E-state index in [2.05, 4.69) is 0 Å². The Hall–Kier alpha value is -2.86. The van der Waals surface area contributed by atoms with Crippen molar-refractivity contribution in [1.29, 1.82) is 0 Å². The summed E-state index contributed by atoms with van der Waals surface area (Å²) < 4.78 is 5.03. The standard InChI is InChI=1S/C20H19ClN2O4/c1-14(24)27-18-7-3-5-16(13-18)20(26)23-10-8-22(9-11-23)19(25)15-4-2-6-17(21)12-15/h2-7,12-13H,8-11H2,1H3. The van der Waals surface area contributed by atoms with E-state index in [-0.39, 0.29) is 11.8 Å². The fourth-order valence-electron chi connectivity index (χ4n) is 2.96. The van der Waals surface area contributed by atoms with Gasteiger partial charge in [0.2, 0.25) is 0 Å². The fraction of sp³-hybridized carbons (Fsp3) is 0.250. The van der Waals surface area contributed by atoms with Crippen molar-refractivity contribution in [2.24, 2.45) is 0 Å². The van der Waals surface area contributed by atoms with Crippen LogP contribution in [-0.4, -0.2) is 53.8 Å². The van der Waals surface area contributed by atoms with Crippen molar-refractivity contribution in [2.75, 3.05) is 26.2 Å². The van der Waals surface area contributed by atoms with Crippen molar-refractivity contribution in [3.8, 4) is 5.75 Å². The van der Waals surface area contributed by atoms with Gasteiger partial charge in [0, 0.05) is 49.3 Å². The average molecular weight is 387 g/mol. The van der Waals surface area contributed by atoms with Gasteiger partial charge < -0.3 is 14.5 Å². The zero-order chi connectivity index (χ0) is 19.4. The molecule has 7 heteroatoms. The summed E-state index contributed by atoms with van der Waals surface area (Å²) >= 11 is 5.95. The van der Waals surface area contributed by atoms with Gasteiger partial charge in [-0.15, -0.1) is 0 Å². The molecule has 0 spiro atoms. The number of halogens is 1. The summed E-state index contributed by atoms with van der Waals surface area (Å²) in [6, 6.07) is 13.4. The lowest BCUT2D eigenvalue weighted by Gasteiger charge is -2.35. The summed E-state index contributed by atoms with van der Waals surface area (Å²) in [4.78, 5) is 39.7. The number of ether oxygens (including phenoxy) is 1. The molecule has 27 heavy (non-hydrogen) atoms. The summed E-state index contributed by atoms with van der Waals surface area (Å²) in [5.74, 6) is -0.351. The third-order valence-electron chi connectivity index (χ3n) is 4.27. The van der Waals surface area contributed by atoms with Gasteiger partial charge in [-0.2, -0.15) is 0 Å². The molecule has 140 valence electrons. The predicted molar refractivity (Wildman–Crippen MR) is 101 cm³/mol. The second-order valence-electron chi connectivity index (χ2n) is 6.22. The van der Waals surface area contributed by atoms with E-state index in [9.17, 15) is 14.4 Å². The third-order valence-corrected chi connectivity index (χ3v) is 4.50. The van der Waals surface area contributed by atoms with Crippen LogP contribution < -0.4 is 4.74 Å².